The van der Waals surface area contributed by atoms with Crippen LogP contribution in [-0.4, -0.2) is 29.4 Å². The van der Waals surface area contributed by atoms with Crippen molar-refractivity contribution in [1.29, 1.82) is 0 Å². The predicted molar refractivity (Wildman–Crippen MR) is 123 cm³/mol. The number of anilines is 1. The fraction of sp³-hybridized carbons (Fsp3) is 0.520. The summed E-state index contributed by atoms with van der Waals surface area (Å²) in [6.45, 7) is 11.1. The number of hydrogen-bond acceptors (Lipinski definition) is 6. The number of nitrogens with zero attached hydrogens (tertiary/aromatic N) is 2. The first-order valence-electron chi connectivity index (χ1n) is 11.0. The average molecular weight is 424 g/mol. The standard InChI is InChI=1S/C25H33N3O3/c1-23(2,3)15-25(16-24(25,4)5)22(30)31-13-12-17-10-11-21(29)20(14-17)28-26-18-8-6-7-9-19(18)27-28/h6-11,14,18,26,29H,12-13,15-16H2,1-5H3. The molecule has 1 heterocycles. The molecule has 0 bridgehead atoms. The summed E-state index contributed by atoms with van der Waals surface area (Å²) >= 11 is 0. The number of phenols is 1. The van der Waals surface area contributed by atoms with E-state index >= 15 is 0 Å². The Morgan fingerprint density at radius 3 is 2.71 bits per heavy atom. The van der Waals surface area contributed by atoms with E-state index in [1.807, 2.05) is 36.4 Å². The van der Waals surface area contributed by atoms with Crippen LogP contribution < -0.4 is 10.5 Å². The Labute approximate surface area is 184 Å². The molecule has 1 saturated carbocycles. The summed E-state index contributed by atoms with van der Waals surface area (Å²) in [6.07, 6.45) is 10.2. The lowest BCUT2D eigenvalue weighted by atomic mass is 9.79. The minimum Gasteiger partial charge on any atom is -0.506 e. The van der Waals surface area contributed by atoms with Gasteiger partial charge in [-0.25, -0.2) is 0 Å². The average Bonchev–Trinajstić information content (AvgIpc) is 3.03. The summed E-state index contributed by atoms with van der Waals surface area (Å²) in [5.74, 6) is 0.0646. The van der Waals surface area contributed by atoms with Gasteiger partial charge >= 0.3 is 5.97 Å². The molecule has 2 aliphatic carbocycles. The lowest BCUT2D eigenvalue weighted by molar-refractivity contribution is -0.153. The van der Waals surface area contributed by atoms with Crippen molar-refractivity contribution in [2.24, 2.45) is 21.3 Å². The van der Waals surface area contributed by atoms with Crippen LogP contribution in [0, 0.1) is 16.2 Å². The first-order valence-corrected chi connectivity index (χ1v) is 11.0. The monoisotopic (exact) mass is 423 g/mol. The Morgan fingerprint density at radius 2 is 2.06 bits per heavy atom. The van der Waals surface area contributed by atoms with E-state index in [0.29, 0.717) is 18.7 Å². The lowest BCUT2D eigenvalue weighted by Gasteiger charge is -2.27. The number of hydrazine groups is 1. The molecule has 2 N–H and O–H groups in total. The van der Waals surface area contributed by atoms with Crippen LogP contribution in [0.4, 0.5) is 5.69 Å². The third-order valence-corrected chi connectivity index (χ3v) is 6.51. The van der Waals surface area contributed by atoms with Crippen molar-refractivity contribution >= 4 is 17.4 Å². The number of phenolic OH excluding ortho intramolecular Hbond substituents is 1. The smallest absolute Gasteiger partial charge is 0.312 e. The highest BCUT2D eigenvalue weighted by Crippen LogP contribution is 2.68. The summed E-state index contributed by atoms with van der Waals surface area (Å²) in [4.78, 5) is 13.0. The second kappa shape index (κ2) is 7.52. The molecule has 31 heavy (non-hydrogen) atoms. The van der Waals surface area contributed by atoms with Crippen LogP contribution in [0.3, 0.4) is 0 Å². The summed E-state index contributed by atoms with van der Waals surface area (Å²) in [6, 6.07) is 5.41. The molecule has 166 valence electrons. The Bertz CT molecular complexity index is 971. The molecule has 6 nitrogen and oxygen atoms in total. The van der Waals surface area contributed by atoms with E-state index in [0.717, 1.165) is 24.1 Å². The number of rotatable bonds is 6. The molecule has 0 amide bonds. The van der Waals surface area contributed by atoms with Crippen molar-refractivity contribution in [3.8, 4) is 5.75 Å². The van der Waals surface area contributed by atoms with Crippen LogP contribution in [0.1, 0.15) is 53.0 Å². The van der Waals surface area contributed by atoms with Crippen LogP contribution >= 0.6 is 0 Å². The normalized spacial score (nSPS) is 25.9. The molecule has 1 aliphatic heterocycles. The SMILES string of the molecule is CC(C)(C)CC1(C(=O)OCCc2ccc(O)c(N3N=C4C=CC=CC4N3)c2)CC1(C)C. The van der Waals surface area contributed by atoms with Crippen LogP contribution in [0.15, 0.2) is 47.6 Å². The number of carbonyl (C=O) groups excluding carboxylic acids is 1. The van der Waals surface area contributed by atoms with E-state index in [2.05, 4.69) is 45.1 Å². The van der Waals surface area contributed by atoms with Gasteiger partial charge < -0.3 is 9.84 Å². The van der Waals surface area contributed by atoms with Crippen molar-refractivity contribution in [2.45, 2.75) is 59.9 Å². The van der Waals surface area contributed by atoms with E-state index in [-0.39, 0.29) is 34.0 Å². The highest BCUT2D eigenvalue weighted by atomic mass is 16.5. The van der Waals surface area contributed by atoms with Gasteiger partial charge in [0.25, 0.3) is 0 Å². The van der Waals surface area contributed by atoms with Gasteiger partial charge in [-0.05, 0) is 47.4 Å². The van der Waals surface area contributed by atoms with Gasteiger partial charge in [0.15, 0.2) is 0 Å². The molecule has 0 radical (unpaired) electrons. The van der Waals surface area contributed by atoms with Gasteiger partial charge in [0.1, 0.15) is 11.4 Å². The fourth-order valence-electron chi connectivity index (χ4n) is 4.77. The highest BCUT2D eigenvalue weighted by molar-refractivity contribution is 6.03. The minimum absolute atomic E-state index is 0.00918. The van der Waals surface area contributed by atoms with Crippen LogP contribution in [0.5, 0.6) is 5.75 Å². The molecule has 0 aromatic heterocycles. The number of ether oxygens (including phenoxy) is 1. The van der Waals surface area contributed by atoms with Gasteiger partial charge in [0.05, 0.1) is 23.8 Å². The molecule has 3 aliphatic rings. The Kier molecular flexibility index (Phi) is 5.24. The maximum Gasteiger partial charge on any atom is 0.312 e. The third kappa shape index (κ3) is 4.26. The Morgan fingerprint density at radius 1 is 1.32 bits per heavy atom. The van der Waals surface area contributed by atoms with Crippen LogP contribution in [0.25, 0.3) is 0 Å². The van der Waals surface area contributed by atoms with Gasteiger partial charge in [-0.2, -0.15) is 15.6 Å². The first kappa shape index (κ1) is 21.6. The zero-order valence-electron chi connectivity index (χ0n) is 19.1. The number of carbonyl (C=O) groups is 1. The topological polar surface area (TPSA) is 74.2 Å². The van der Waals surface area contributed by atoms with Crippen molar-refractivity contribution in [3.05, 3.63) is 48.1 Å². The first-order chi connectivity index (χ1) is 14.5. The number of hydrazone groups is 1. The number of allylic oxidation sites excluding steroid dienone is 2. The molecule has 1 fully saturated rings. The molecule has 6 heteroatoms. The van der Waals surface area contributed by atoms with E-state index in [1.165, 1.54) is 0 Å². The van der Waals surface area contributed by atoms with Gasteiger partial charge in [0.2, 0.25) is 0 Å². The molecular formula is C25H33N3O3. The zero-order chi connectivity index (χ0) is 22.4. The largest absolute Gasteiger partial charge is 0.506 e. The number of nitrogens with one attached hydrogen (secondary N) is 1. The molecule has 1 aromatic carbocycles. The molecule has 2 unspecified atom stereocenters. The molecule has 0 saturated heterocycles. The Hall–Kier alpha value is -2.60. The number of hydrogen-bond donors (Lipinski definition) is 2. The molecule has 2 atom stereocenters. The van der Waals surface area contributed by atoms with Crippen molar-refractivity contribution in [2.75, 3.05) is 11.7 Å². The van der Waals surface area contributed by atoms with Crippen molar-refractivity contribution < 1.29 is 14.6 Å². The second-order valence-electron chi connectivity index (χ2n) is 10.8. The number of esters is 1. The predicted octanol–water partition coefficient (Wildman–Crippen LogP) is 4.51. The van der Waals surface area contributed by atoms with E-state index < -0.39 is 0 Å². The summed E-state index contributed by atoms with van der Waals surface area (Å²) < 4.78 is 5.75. The number of aromatic hydroxyl groups is 1. The molecular weight excluding hydrogens is 390 g/mol. The summed E-state index contributed by atoms with van der Waals surface area (Å²) in [5, 5.41) is 16.5. The number of fused-ring (bicyclic) bond motifs is 1. The lowest BCUT2D eigenvalue weighted by Crippen LogP contribution is -2.36. The zero-order valence-corrected chi connectivity index (χ0v) is 19.1. The van der Waals surface area contributed by atoms with Gasteiger partial charge in [-0.1, -0.05) is 58.9 Å². The van der Waals surface area contributed by atoms with E-state index in [9.17, 15) is 9.90 Å². The van der Waals surface area contributed by atoms with E-state index in [1.54, 1.807) is 11.2 Å². The minimum atomic E-state index is -0.377. The fourth-order valence-corrected chi connectivity index (χ4v) is 4.77. The molecule has 1 aromatic rings. The van der Waals surface area contributed by atoms with E-state index in [4.69, 9.17) is 4.74 Å². The highest BCUT2D eigenvalue weighted by Gasteiger charge is 2.67. The summed E-state index contributed by atoms with van der Waals surface area (Å²) in [7, 11) is 0. The van der Waals surface area contributed by atoms with Gasteiger partial charge in [0, 0.05) is 6.42 Å². The van der Waals surface area contributed by atoms with Crippen LogP contribution in [0.2, 0.25) is 0 Å². The van der Waals surface area contributed by atoms with Gasteiger partial charge in [-0.15, -0.1) is 0 Å². The van der Waals surface area contributed by atoms with Crippen LogP contribution in [-0.2, 0) is 16.0 Å². The maximum atomic E-state index is 13.0. The summed E-state index contributed by atoms with van der Waals surface area (Å²) in [5.41, 5.74) is 5.40. The number of benzene rings is 1. The maximum absolute atomic E-state index is 13.0. The quantitative estimate of drug-likeness (QED) is 0.659. The Balaban J connectivity index is 1.39. The van der Waals surface area contributed by atoms with Gasteiger partial charge in [-0.3, -0.25) is 4.79 Å². The van der Waals surface area contributed by atoms with Crippen molar-refractivity contribution in [1.82, 2.24) is 5.43 Å². The third-order valence-electron chi connectivity index (χ3n) is 6.51. The second-order valence-corrected chi connectivity index (χ2v) is 10.8. The molecule has 0 spiro atoms. The van der Waals surface area contributed by atoms with Crippen molar-refractivity contribution in [3.63, 3.8) is 0 Å². The molecule has 4 rings (SSSR count).